The van der Waals surface area contributed by atoms with Gasteiger partial charge in [-0.15, -0.1) is 0 Å². The maximum absolute atomic E-state index is 13.4. The highest BCUT2D eigenvalue weighted by Crippen LogP contribution is 2.39. The fourth-order valence-electron chi connectivity index (χ4n) is 4.61. The number of aliphatic carboxylic acids is 1. The highest BCUT2D eigenvalue weighted by molar-refractivity contribution is 7.89. The van der Waals surface area contributed by atoms with Crippen molar-refractivity contribution in [1.82, 2.24) is 9.29 Å². The van der Waals surface area contributed by atoms with Gasteiger partial charge in [-0.05, 0) is 53.4 Å². The van der Waals surface area contributed by atoms with Crippen molar-refractivity contribution in [2.24, 2.45) is 5.84 Å². The molecule has 0 fully saturated rings. The van der Waals surface area contributed by atoms with Crippen LogP contribution < -0.4 is 26.1 Å². The predicted molar refractivity (Wildman–Crippen MR) is 143 cm³/mol. The number of carbonyl (C=O) groups is 1. The van der Waals surface area contributed by atoms with E-state index in [2.05, 4.69) is 4.98 Å². The average Bonchev–Trinajstić information content (AvgIpc) is 2.99. The zero-order chi connectivity index (χ0) is 27.6. The number of nitrogens with two attached hydrogens (primary N) is 2. The molecule has 1 aromatic heterocycles. The van der Waals surface area contributed by atoms with Crippen molar-refractivity contribution < 1.29 is 27.8 Å². The van der Waals surface area contributed by atoms with Crippen LogP contribution in [0, 0.1) is 6.92 Å². The molecule has 0 aliphatic carbocycles. The van der Waals surface area contributed by atoms with Crippen molar-refractivity contribution in [3.63, 3.8) is 0 Å². The second-order valence-corrected chi connectivity index (χ2v) is 11.0. The monoisotopic (exact) mass is 541 g/mol. The van der Waals surface area contributed by atoms with E-state index in [9.17, 15) is 18.3 Å². The number of hydrazine groups is 1. The number of benzene rings is 2. The number of nitrogen functional groups attached to an aromatic ring is 1. The van der Waals surface area contributed by atoms with E-state index in [0.29, 0.717) is 28.3 Å². The molecule has 5 N–H and O–H groups in total. The molecule has 1 atom stereocenters. The van der Waals surface area contributed by atoms with Crippen LogP contribution in [0.3, 0.4) is 0 Å². The summed E-state index contributed by atoms with van der Waals surface area (Å²) in [6.45, 7) is 2.27. The van der Waals surface area contributed by atoms with E-state index in [0.717, 1.165) is 11.1 Å². The van der Waals surface area contributed by atoms with Crippen molar-refractivity contribution in [2.45, 2.75) is 30.7 Å². The molecule has 11 nitrogen and oxygen atoms in total. The topological polar surface area (TPSA) is 161 Å². The van der Waals surface area contributed by atoms with Crippen LogP contribution in [0.15, 0.2) is 53.6 Å². The number of aromatic nitrogens is 1. The molecule has 0 saturated carbocycles. The van der Waals surface area contributed by atoms with Crippen LogP contribution in [-0.2, 0) is 21.4 Å². The molecule has 0 spiro atoms. The van der Waals surface area contributed by atoms with Crippen LogP contribution >= 0.6 is 0 Å². The molecular formula is C26H31N5O6S. The lowest BCUT2D eigenvalue weighted by atomic mass is 9.86. The maximum Gasteiger partial charge on any atom is 0.304 e. The van der Waals surface area contributed by atoms with Crippen molar-refractivity contribution >= 4 is 27.4 Å². The van der Waals surface area contributed by atoms with E-state index in [1.54, 1.807) is 25.2 Å². The van der Waals surface area contributed by atoms with Crippen LogP contribution in [0.5, 0.6) is 11.6 Å². The Hall–Kier alpha value is -3.87. The molecule has 0 radical (unpaired) electrons. The summed E-state index contributed by atoms with van der Waals surface area (Å²) in [5.74, 6) is 4.84. The smallest absolute Gasteiger partial charge is 0.304 e. The minimum atomic E-state index is -3.86. The van der Waals surface area contributed by atoms with Crippen LogP contribution in [-0.4, -0.2) is 56.1 Å². The third-order valence-electron chi connectivity index (χ3n) is 6.54. The quantitative estimate of drug-likeness (QED) is 0.219. The van der Waals surface area contributed by atoms with Gasteiger partial charge in [-0.1, -0.05) is 18.2 Å². The van der Waals surface area contributed by atoms with Gasteiger partial charge in [-0.25, -0.2) is 19.2 Å². The molecule has 1 aliphatic heterocycles. The Morgan fingerprint density at radius 1 is 1.26 bits per heavy atom. The molecule has 3 aromatic rings. The SMILES string of the molecule is COc1cc(C(CC(=O)O)c2ccc(C)c(CN3CCOc4ncccc4S3(=O)=O)c2)cc(N)c1N(C)N. The molecule has 1 aliphatic rings. The van der Waals surface area contributed by atoms with Gasteiger partial charge in [-0.3, -0.25) is 4.79 Å². The second kappa shape index (κ2) is 10.9. The molecule has 2 aromatic carbocycles. The molecule has 4 rings (SSSR count). The summed E-state index contributed by atoms with van der Waals surface area (Å²) < 4.78 is 39.2. The van der Waals surface area contributed by atoms with Gasteiger partial charge in [-0.2, -0.15) is 4.31 Å². The Bertz CT molecular complexity index is 1460. The van der Waals surface area contributed by atoms with E-state index in [1.807, 2.05) is 25.1 Å². The van der Waals surface area contributed by atoms with Crippen molar-refractivity contribution in [3.8, 4) is 11.6 Å². The van der Waals surface area contributed by atoms with Crippen LogP contribution in [0.2, 0.25) is 0 Å². The minimum absolute atomic E-state index is 0.0163. The number of rotatable bonds is 8. The molecular weight excluding hydrogens is 510 g/mol. The van der Waals surface area contributed by atoms with Gasteiger partial charge >= 0.3 is 5.97 Å². The molecule has 2 heterocycles. The molecule has 12 heteroatoms. The Balaban J connectivity index is 1.75. The average molecular weight is 542 g/mol. The van der Waals surface area contributed by atoms with Gasteiger partial charge in [0.2, 0.25) is 15.9 Å². The highest BCUT2D eigenvalue weighted by Gasteiger charge is 2.32. The van der Waals surface area contributed by atoms with Gasteiger partial charge < -0.3 is 25.3 Å². The molecule has 0 bridgehead atoms. The lowest BCUT2D eigenvalue weighted by Crippen LogP contribution is -2.32. The first kappa shape index (κ1) is 27.2. The third kappa shape index (κ3) is 5.37. The number of anilines is 2. The van der Waals surface area contributed by atoms with E-state index >= 15 is 0 Å². The van der Waals surface area contributed by atoms with Gasteiger partial charge in [0.1, 0.15) is 22.9 Å². The number of ether oxygens (including phenoxy) is 2. The molecule has 1 unspecified atom stereocenters. The second-order valence-electron chi connectivity index (χ2n) is 9.10. The zero-order valence-electron chi connectivity index (χ0n) is 21.4. The standard InChI is InChI=1S/C26H31N5O6S/c1-16-6-7-17(20(14-24(32)33)18-12-21(27)25(30(2)28)22(13-18)36-3)11-19(16)15-31-9-10-37-26-23(38(31,34)35)5-4-8-29-26/h4-8,11-13,20H,9-10,14-15,27-28H2,1-3H3,(H,32,33). The summed E-state index contributed by atoms with van der Waals surface area (Å²) >= 11 is 0. The Morgan fingerprint density at radius 2 is 2.03 bits per heavy atom. The number of nitrogens with zero attached hydrogens (tertiary/aromatic N) is 3. The van der Waals surface area contributed by atoms with Gasteiger partial charge in [0, 0.05) is 32.3 Å². The Labute approximate surface area is 221 Å². The molecule has 0 amide bonds. The summed E-state index contributed by atoms with van der Waals surface area (Å²) in [6.07, 6.45) is 1.28. The van der Waals surface area contributed by atoms with Crippen molar-refractivity contribution in [2.75, 3.05) is 38.1 Å². The van der Waals surface area contributed by atoms with Gasteiger partial charge in [0.25, 0.3) is 0 Å². The van der Waals surface area contributed by atoms with Gasteiger partial charge in [0.15, 0.2) is 0 Å². The normalized spacial score (nSPS) is 15.6. The van der Waals surface area contributed by atoms with E-state index in [4.69, 9.17) is 21.1 Å². The Morgan fingerprint density at radius 3 is 2.71 bits per heavy atom. The number of methoxy groups -OCH3 is 1. The molecule has 0 saturated heterocycles. The summed E-state index contributed by atoms with van der Waals surface area (Å²) in [5.41, 5.74) is 10.0. The van der Waals surface area contributed by atoms with Crippen LogP contribution in [0.25, 0.3) is 0 Å². The highest BCUT2D eigenvalue weighted by atomic mass is 32.2. The van der Waals surface area contributed by atoms with Gasteiger partial charge in [0.05, 0.1) is 19.2 Å². The largest absolute Gasteiger partial charge is 0.494 e. The number of pyridine rings is 1. The fraction of sp³-hybridized carbons (Fsp3) is 0.308. The zero-order valence-corrected chi connectivity index (χ0v) is 22.2. The minimum Gasteiger partial charge on any atom is -0.494 e. The number of fused-ring (bicyclic) bond motifs is 1. The van der Waals surface area contributed by atoms with E-state index < -0.39 is 21.9 Å². The predicted octanol–water partition coefficient (Wildman–Crippen LogP) is 2.48. The number of hydrogen-bond donors (Lipinski definition) is 3. The summed E-state index contributed by atoms with van der Waals surface area (Å²) in [5, 5.41) is 11.1. The number of sulfonamides is 1. The lowest BCUT2D eigenvalue weighted by Gasteiger charge is -2.24. The molecule has 38 heavy (non-hydrogen) atoms. The number of aryl methyl sites for hydroxylation is 1. The van der Waals surface area contributed by atoms with Crippen molar-refractivity contribution in [1.29, 1.82) is 0 Å². The summed E-state index contributed by atoms with van der Waals surface area (Å²) in [7, 11) is -0.747. The Kier molecular flexibility index (Phi) is 7.76. The van der Waals surface area contributed by atoms with Crippen LogP contribution in [0.1, 0.15) is 34.6 Å². The first-order valence-corrected chi connectivity index (χ1v) is 13.3. The number of carboxylic acid groups (broad SMARTS) is 1. The fourth-order valence-corrected chi connectivity index (χ4v) is 6.09. The lowest BCUT2D eigenvalue weighted by molar-refractivity contribution is -0.137. The summed E-state index contributed by atoms with van der Waals surface area (Å²) in [4.78, 5) is 16.0. The molecule has 202 valence electrons. The first-order chi connectivity index (χ1) is 18.0. The maximum atomic E-state index is 13.4. The third-order valence-corrected chi connectivity index (χ3v) is 8.39. The number of hydrogen-bond acceptors (Lipinski definition) is 9. The summed E-state index contributed by atoms with van der Waals surface area (Å²) in [6, 6.07) is 12.0. The van der Waals surface area contributed by atoms with E-state index in [-0.39, 0.29) is 36.9 Å². The number of carboxylic acids is 1. The van der Waals surface area contributed by atoms with Crippen molar-refractivity contribution in [3.05, 3.63) is 70.9 Å². The first-order valence-electron chi connectivity index (χ1n) is 11.9. The van der Waals surface area contributed by atoms with E-state index in [1.165, 1.54) is 28.7 Å². The van der Waals surface area contributed by atoms with Crippen LogP contribution in [0.4, 0.5) is 11.4 Å².